The third-order valence-electron chi connectivity index (χ3n) is 2.79. The lowest BCUT2D eigenvalue weighted by molar-refractivity contribution is -0.130. The summed E-state index contributed by atoms with van der Waals surface area (Å²) in [5, 5.41) is 2.98. The summed E-state index contributed by atoms with van der Waals surface area (Å²) in [6, 6.07) is 0. The predicted octanol–water partition coefficient (Wildman–Crippen LogP) is 0.626. The summed E-state index contributed by atoms with van der Waals surface area (Å²) in [6.07, 6.45) is 0. The van der Waals surface area contributed by atoms with Crippen molar-refractivity contribution >= 4 is 29.7 Å². The molecule has 1 aromatic heterocycles. The lowest BCUT2D eigenvalue weighted by Gasteiger charge is -2.17. The Morgan fingerprint density at radius 1 is 1.44 bits per heavy atom. The van der Waals surface area contributed by atoms with E-state index in [0.717, 1.165) is 17.1 Å². The number of aryl methyl sites for hydroxylation is 1. The number of aromatic nitrogens is 1. The van der Waals surface area contributed by atoms with Crippen molar-refractivity contribution in [2.75, 3.05) is 27.2 Å². The number of halogens is 1. The minimum atomic E-state index is -0.0598. The molecule has 0 aromatic carbocycles. The van der Waals surface area contributed by atoms with Crippen LogP contribution in [-0.2, 0) is 11.3 Å². The molecular formula is C11H20ClN3O2S. The zero-order valence-corrected chi connectivity index (χ0v) is 12.8. The third kappa shape index (κ3) is 4.12. The summed E-state index contributed by atoms with van der Waals surface area (Å²) in [4.78, 5) is 26.1. The quantitative estimate of drug-likeness (QED) is 0.866. The molecule has 1 rings (SSSR count). The highest BCUT2D eigenvalue weighted by molar-refractivity contribution is 7.09. The smallest absolute Gasteiger partial charge is 0.308 e. The average molecular weight is 294 g/mol. The average Bonchev–Trinajstić information content (AvgIpc) is 2.52. The van der Waals surface area contributed by atoms with Crippen LogP contribution in [0.15, 0.2) is 4.79 Å². The Bertz CT molecular complexity index is 456. The monoisotopic (exact) mass is 293 g/mol. The van der Waals surface area contributed by atoms with Crippen molar-refractivity contribution in [1.29, 1.82) is 0 Å². The van der Waals surface area contributed by atoms with Crippen molar-refractivity contribution < 1.29 is 4.79 Å². The van der Waals surface area contributed by atoms with Crippen molar-refractivity contribution in [2.45, 2.75) is 20.4 Å². The molecule has 1 aromatic rings. The number of rotatable bonds is 5. The predicted molar refractivity (Wildman–Crippen MR) is 76.9 cm³/mol. The number of hydrogen-bond acceptors (Lipinski definition) is 4. The molecule has 1 heterocycles. The molecule has 0 radical (unpaired) electrons. The summed E-state index contributed by atoms with van der Waals surface area (Å²) >= 11 is 1.19. The van der Waals surface area contributed by atoms with Gasteiger partial charge >= 0.3 is 4.87 Å². The van der Waals surface area contributed by atoms with Gasteiger partial charge in [-0.15, -0.1) is 12.4 Å². The third-order valence-corrected chi connectivity index (χ3v) is 3.79. The Morgan fingerprint density at radius 3 is 2.50 bits per heavy atom. The Kier molecular flexibility index (Phi) is 7.20. The number of thiazole rings is 1. The lowest BCUT2D eigenvalue weighted by atomic mass is 10.4. The number of carbonyl (C=O) groups is 1. The standard InChI is InChI=1S/C11H19N3O2S.ClH/c1-8-9(2)17-11(16)14(8)7-10(15)13(4)6-5-12-3;/h12H,5-7H2,1-4H3;1H. The number of carbonyl (C=O) groups excluding carboxylic acids is 1. The largest absolute Gasteiger partial charge is 0.343 e. The summed E-state index contributed by atoms with van der Waals surface area (Å²) in [7, 11) is 3.59. The highest BCUT2D eigenvalue weighted by Crippen LogP contribution is 2.09. The fourth-order valence-corrected chi connectivity index (χ4v) is 2.26. The molecule has 1 N–H and O–H groups in total. The maximum absolute atomic E-state index is 11.9. The van der Waals surface area contributed by atoms with Crippen molar-refractivity contribution in [1.82, 2.24) is 14.8 Å². The van der Waals surface area contributed by atoms with Gasteiger partial charge in [0.15, 0.2) is 0 Å². The first-order valence-corrected chi connectivity index (χ1v) is 6.34. The van der Waals surface area contributed by atoms with Crippen molar-refractivity contribution in [3.05, 3.63) is 20.2 Å². The van der Waals surface area contributed by atoms with E-state index in [-0.39, 0.29) is 29.7 Å². The van der Waals surface area contributed by atoms with Crippen LogP contribution < -0.4 is 10.2 Å². The van der Waals surface area contributed by atoms with Crippen LogP contribution in [0.3, 0.4) is 0 Å². The Balaban J connectivity index is 0.00000289. The van der Waals surface area contributed by atoms with E-state index < -0.39 is 0 Å². The van der Waals surface area contributed by atoms with Gasteiger partial charge in [0.05, 0.1) is 0 Å². The Hall–Kier alpha value is -0.850. The molecule has 1 amide bonds. The number of hydrogen-bond donors (Lipinski definition) is 1. The molecule has 0 aliphatic carbocycles. The number of likely N-dealkylation sites (N-methyl/N-ethyl adjacent to an activating group) is 2. The van der Waals surface area contributed by atoms with Crippen LogP contribution in [0.5, 0.6) is 0 Å². The molecule has 0 spiro atoms. The molecule has 0 aliphatic rings. The van der Waals surface area contributed by atoms with E-state index >= 15 is 0 Å². The van der Waals surface area contributed by atoms with Gasteiger partial charge in [0.2, 0.25) is 5.91 Å². The van der Waals surface area contributed by atoms with E-state index in [0.29, 0.717) is 6.54 Å². The van der Waals surface area contributed by atoms with E-state index in [1.54, 1.807) is 11.9 Å². The van der Waals surface area contributed by atoms with Gasteiger partial charge in [0.25, 0.3) is 0 Å². The minimum Gasteiger partial charge on any atom is -0.343 e. The summed E-state index contributed by atoms with van der Waals surface area (Å²) in [5.41, 5.74) is 0.885. The molecule has 104 valence electrons. The van der Waals surface area contributed by atoms with Crippen molar-refractivity contribution in [3.8, 4) is 0 Å². The van der Waals surface area contributed by atoms with Crippen LogP contribution in [0.1, 0.15) is 10.6 Å². The van der Waals surface area contributed by atoms with E-state index in [9.17, 15) is 9.59 Å². The second-order valence-corrected chi connectivity index (χ2v) is 5.18. The van der Waals surface area contributed by atoms with Crippen LogP contribution >= 0.6 is 23.7 Å². The molecule has 0 saturated carbocycles. The fourth-order valence-electron chi connectivity index (χ4n) is 1.43. The maximum Gasteiger partial charge on any atom is 0.308 e. The van der Waals surface area contributed by atoms with Crippen LogP contribution in [0, 0.1) is 13.8 Å². The molecule has 0 aliphatic heterocycles. The molecule has 0 unspecified atom stereocenters. The van der Waals surface area contributed by atoms with Gasteiger partial charge < -0.3 is 10.2 Å². The summed E-state index contributed by atoms with van der Waals surface area (Å²) in [5.74, 6) is -0.0387. The molecule has 0 fully saturated rings. The molecule has 18 heavy (non-hydrogen) atoms. The number of nitrogens with zero attached hydrogens (tertiary/aromatic N) is 2. The molecule has 5 nitrogen and oxygen atoms in total. The molecule has 0 saturated heterocycles. The van der Waals surface area contributed by atoms with Crippen LogP contribution in [0.4, 0.5) is 0 Å². The van der Waals surface area contributed by atoms with Crippen LogP contribution in [0.2, 0.25) is 0 Å². The summed E-state index contributed by atoms with van der Waals surface area (Å²) in [6.45, 7) is 5.29. The van der Waals surface area contributed by atoms with Gasteiger partial charge in [0, 0.05) is 30.7 Å². The van der Waals surface area contributed by atoms with Crippen LogP contribution in [0.25, 0.3) is 0 Å². The zero-order valence-electron chi connectivity index (χ0n) is 11.1. The SMILES string of the molecule is CNCCN(C)C(=O)Cn1c(C)c(C)sc1=O.Cl. The van der Waals surface area contributed by atoms with Gasteiger partial charge in [-0.1, -0.05) is 11.3 Å². The first kappa shape index (κ1) is 17.2. The lowest BCUT2D eigenvalue weighted by Crippen LogP contribution is -2.36. The Morgan fingerprint density at radius 2 is 2.06 bits per heavy atom. The fraction of sp³-hybridized carbons (Fsp3) is 0.636. The second kappa shape index (κ2) is 7.56. The first-order valence-electron chi connectivity index (χ1n) is 5.52. The van der Waals surface area contributed by atoms with Gasteiger partial charge in [-0.3, -0.25) is 14.2 Å². The van der Waals surface area contributed by atoms with Crippen molar-refractivity contribution in [3.63, 3.8) is 0 Å². The highest BCUT2D eigenvalue weighted by Gasteiger charge is 2.14. The zero-order chi connectivity index (χ0) is 13.0. The van der Waals surface area contributed by atoms with E-state index in [4.69, 9.17) is 0 Å². The van der Waals surface area contributed by atoms with Gasteiger partial charge in [-0.25, -0.2) is 0 Å². The first-order chi connectivity index (χ1) is 7.97. The van der Waals surface area contributed by atoms with Crippen molar-refractivity contribution in [2.24, 2.45) is 0 Å². The topological polar surface area (TPSA) is 54.3 Å². The summed E-state index contributed by atoms with van der Waals surface area (Å²) < 4.78 is 1.54. The Labute approximate surface area is 117 Å². The van der Waals surface area contributed by atoms with E-state index in [2.05, 4.69) is 5.32 Å². The number of amides is 1. The maximum atomic E-state index is 11.9. The van der Waals surface area contributed by atoms with E-state index in [1.807, 2.05) is 20.9 Å². The normalized spacial score (nSPS) is 10.0. The molecular weight excluding hydrogens is 274 g/mol. The van der Waals surface area contributed by atoms with Gasteiger partial charge in [0.1, 0.15) is 6.54 Å². The van der Waals surface area contributed by atoms with E-state index in [1.165, 1.54) is 15.9 Å². The minimum absolute atomic E-state index is 0. The van der Waals surface area contributed by atoms with Crippen LogP contribution in [-0.4, -0.2) is 42.6 Å². The molecule has 0 atom stereocenters. The molecule has 7 heteroatoms. The number of nitrogens with one attached hydrogen (secondary N) is 1. The van der Waals surface area contributed by atoms with Gasteiger partial charge in [-0.2, -0.15) is 0 Å². The van der Waals surface area contributed by atoms with Gasteiger partial charge in [-0.05, 0) is 20.9 Å². The molecule has 0 bridgehead atoms. The second-order valence-electron chi connectivity index (χ2n) is 4.01. The highest BCUT2D eigenvalue weighted by atomic mass is 35.5.